The van der Waals surface area contributed by atoms with Crippen LogP contribution in [0.4, 0.5) is 11.4 Å². The van der Waals surface area contributed by atoms with Crippen LogP contribution in [-0.4, -0.2) is 33.9 Å². The third kappa shape index (κ3) is 3.89. The van der Waals surface area contributed by atoms with E-state index in [1.54, 1.807) is 7.11 Å². The lowest BCUT2D eigenvalue weighted by Crippen LogP contribution is -2.24. The number of hydrogen-bond donors (Lipinski definition) is 1. The molecule has 0 bridgehead atoms. The Kier molecular flexibility index (Phi) is 4.91. The first kappa shape index (κ1) is 15.5. The van der Waals surface area contributed by atoms with Gasteiger partial charge in [-0.1, -0.05) is 0 Å². The van der Waals surface area contributed by atoms with Gasteiger partial charge in [0.25, 0.3) is 0 Å². The molecule has 3 rings (SSSR count). The Hall–Kier alpha value is -2.36. The number of fused-ring (bicyclic) bond motifs is 1. The molecule has 1 heterocycles. The lowest BCUT2D eigenvalue weighted by Gasteiger charge is -2.27. The van der Waals surface area contributed by atoms with Crippen molar-refractivity contribution in [2.45, 2.75) is 12.8 Å². The van der Waals surface area contributed by atoms with E-state index >= 15 is 0 Å². The molecule has 2 aromatic carbocycles. The molecule has 4 heteroatoms. The van der Waals surface area contributed by atoms with E-state index in [0.29, 0.717) is 6.61 Å². The Morgan fingerprint density at radius 2 is 1.87 bits per heavy atom. The van der Waals surface area contributed by atoms with Crippen molar-refractivity contribution in [1.82, 2.24) is 0 Å². The zero-order valence-corrected chi connectivity index (χ0v) is 13.8. The van der Waals surface area contributed by atoms with Crippen LogP contribution >= 0.6 is 0 Å². The average molecular weight is 312 g/mol. The first-order valence-electron chi connectivity index (χ1n) is 8.11. The Balaban J connectivity index is 1.48. The highest BCUT2D eigenvalue weighted by atomic mass is 16.5. The van der Waals surface area contributed by atoms with E-state index in [0.717, 1.165) is 36.7 Å². The number of methoxy groups -OCH3 is 1. The van der Waals surface area contributed by atoms with Crippen LogP contribution in [0.5, 0.6) is 11.5 Å². The van der Waals surface area contributed by atoms with Gasteiger partial charge in [0, 0.05) is 31.5 Å². The van der Waals surface area contributed by atoms with Crippen LogP contribution in [0.3, 0.4) is 0 Å². The van der Waals surface area contributed by atoms with Crippen molar-refractivity contribution in [1.29, 1.82) is 0 Å². The van der Waals surface area contributed by atoms with Gasteiger partial charge in [-0.05, 0) is 60.9 Å². The number of nitrogens with zero attached hydrogens (tertiary/aromatic N) is 1. The molecule has 1 aliphatic rings. The number of rotatable bonds is 6. The van der Waals surface area contributed by atoms with Gasteiger partial charge in [0.2, 0.25) is 0 Å². The van der Waals surface area contributed by atoms with Crippen molar-refractivity contribution >= 4 is 11.4 Å². The Morgan fingerprint density at radius 3 is 2.65 bits per heavy atom. The molecule has 0 saturated carbocycles. The second kappa shape index (κ2) is 7.27. The van der Waals surface area contributed by atoms with Gasteiger partial charge in [-0.2, -0.15) is 0 Å². The molecule has 0 radical (unpaired) electrons. The molecule has 122 valence electrons. The van der Waals surface area contributed by atoms with Gasteiger partial charge in [-0.25, -0.2) is 0 Å². The molecule has 0 spiro atoms. The zero-order chi connectivity index (χ0) is 16.1. The minimum Gasteiger partial charge on any atom is -0.497 e. The zero-order valence-electron chi connectivity index (χ0n) is 13.8. The largest absolute Gasteiger partial charge is 0.497 e. The summed E-state index contributed by atoms with van der Waals surface area (Å²) >= 11 is 0. The topological polar surface area (TPSA) is 33.7 Å². The summed E-state index contributed by atoms with van der Waals surface area (Å²) in [6, 6.07) is 14.3. The number of anilines is 2. The first-order chi connectivity index (χ1) is 11.3. The van der Waals surface area contributed by atoms with Crippen LogP contribution in [0.15, 0.2) is 42.5 Å². The maximum absolute atomic E-state index is 5.73. The third-order valence-corrected chi connectivity index (χ3v) is 4.19. The molecule has 0 aliphatic carbocycles. The SMILES string of the molecule is COc1ccc(OCCNc2ccc3c(c2)CCCN3C)cc1. The van der Waals surface area contributed by atoms with E-state index < -0.39 is 0 Å². The summed E-state index contributed by atoms with van der Waals surface area (Å²) in [4.78, 5) is 2.33. The minimum absolute atomic E-state index is 0.628. The van der Waals surface area contributed by atoms with E-state index in [1.165, 1.54) is 17.7 Å². The van der Waals surface area contributed by atoms with Crippen LogP contribution < -0.4 is 19.7 Å². The van der Waals surface area contributed by atoms with Crippen molar-refractivity contribution in [2.24, 2.45) is 0 Å². The highest BCUT2D eigenvalue weighted by Crippen LogP contribution is 2.28. The number of nitrogens with one attached hydrogen (secondary N) is 1. The molecular weight excluding hydrogens is 288 g/mol. The number of hydrogen-bond acceptors (Lipinski definition) is 4. The lowest BCUT2D eigenvalue weighted by atomic mass is 10.0. The highest BCUT2D eigenvalue weighted by molar-refractivity contribution is 5.62. The Labute approximate surface area is 138 Å². The van der Waals surface area contributed by atoms with Crippen LogP contribution in [0.25, 0.3) is 0 Å². The molecule has 0 saturated heterocycles. The molecule has 0 amide bonds. The quantitative estimate of drug-likeness (QED) is 0.827. The van der Waals surface area contributed by atoms with Crippen molar-refractivity contribution in [3.63, 3.8) is 0 Å². The standard InChI is InChI=1S/C19H24N2O2/c1-21-12-3-4-15-14-16(5-10-19(15)21)20-11-13-23-18-8-6-17(22-2)7-9-18/h5-10,14,20H,3-4,11-13H2,1-2H3. The first-order valence-corrected chi connectivity index (χ1v) is 8.11. The molecule has 0 atom stereocenters. The summed E-state index contributed by atoms with van der Waals surface area (Å²) in [5.41, 5.74) is 3.95. The molecule has 1 aliphatic heterocycles. The maximum Gasteiger partial charge on any atom is 0.119 e. The van der Waals surface area contributed by atoms with Crippen LogP contribution in [-0.2, 0) is 6.42 Å². The summed E-state index contributed by atoms with van der Waals surface area (Å²) in [7, 11) is 3.82. The Morgan fingerprint density at radius 1 is 1.09 bits per heavy atom. The van der Waals surface area contributed by atoms with E-state index in [2.05, 4.69) is 35.5 Å². The van der Waals surface area contributed by atoms with E-state index in [1.807, 2.05) is 24.3 Å². The summed E-state index contributed by atoms with van der Waals surface area (Å²) < 4.78 is 10.9. The normalized spacial score (nSPS) is 13.4. The van der Waals surface area contributed by atoms with Crippen molar-refractivity contribution in [2.75, 3.05) is 44.1 Å². The summed E-state index contributed by atoms with van der Waals surface area (Å²) in [6.45, 7) is 2.56. The van der Waals surface area contributed by atoms with Gasteiger partial charge in [-0.15, -0.1) is 0 Å². The third-order valence-electron chi connectivity index (χ3n) is 4.19. The molecule has 1 N–H and O–H groups in total. The van der Waals surface area contributed by atoms with Crippen molar-refractivity contribution in [3.8, 4) is 11.5 Å². The maximum atomic E-state index is 5.73. The molecule has 0 aromatic heterocycles. The number of benzene rings is 2. The van der Waals surface area contributed by atoms with Gasteiger partial charge in [0.05, 0.1) is 7.11 Å². The predicted molar refractivity (Wildman–Crippen MR) is 95.0 cm³/mol. The fourth-order valence-corrected chi connectivity index (χ4v) is 2.93. The van der Waals surface area contributed by atoms with Crippen LogP contribution in [0.2, 0.25) is 0 Å². The second-order valence-corrected chi connectivity index (χ2v) is 5.82. The van der Waals surface area contributed by atoms with Gasteiger partial charge in [-0.3, -0.25) is 0 Å². The van der Waals surface area contributed by atoms with E-state index in [9.17, 15) is 0 Å². The van der Waals surface area contributed by atoms with E-state index in [-0.39, 0.29) is 0 Å². The molecule has 0 unspecified atom stereocenters. The van der Waals surface area contributed by atoms with Crippen molar-refractivity contribution in [3.05, 3.63) is 48.0 Å². The molecular formula is C19H24N2O2. The minimum atomic E-state index is 0.628. The fraction of sp³-hybridized carbons (Fsp3) is 0.368. The Bertz CT molecular complexity index is 640. The molecule has 4 nitrogen and oxygen atoms in total. The summed E-state index contributed by atoms with van der Waals surface area (Å²) in [5.74, 6) is 1.70. The highest BCUT2D eigenvalue weighted by Gasteiger charge is 2.13. The van der Waals surface area contributed by atoms with E-state index in [4.69, 9.17) is 9.47 Å². The van der Waals surface area contributed by atoms with Crippen LogP contribution in [0, 0.1) is 0 Å². The summed E-state index contributed by atoms with van der Waals surface area (Å²) in [6.07, 6.45) is 2.39. The molecule has 23 heavy (non-hydrogen) atoms. The van der Waals surface area contributed by atoms with Gasteiger partial charge >= 0.3 is 0 Å². The van der Waals surface area contributed by atoms with Gasteiger partial charge < -0.3 is 19.7 Å². The average Bonchev–Trinajstić information content (AvgIpc) is 2.59. The molecule has 0 fully saturated rings. The monoisotopic (exact) mass is 312 g/mol. The fourth-order valence-electron chi connectivity index (χ4n) is 2.93. The second-order valence-electron chi connectivity index (χ2n) is 5.82. The van der Waals surface area contributed by atoms with Gasteiger partial charge in [0.1, 0.15) is 18.1 Å². The van der Waals surface area contributed by atoms with Crippen molar-refractivity contribution < 1.29 is 9.47 Å². The molecule has 2 aromatic rings. The number of ether oxygens (including phenoxy) is 2. The summed E-state index contributed by atoms with van der Waals surface area (Å²) in [5, 5.41) is 3.43. The lowest BCUT2D eigenvalue weighted by molar-refractivity contribution is 0.332. The van der Waals surface area contributed by atoms with Crippen LogP contribution in [0.1, 0.15) is 12.0 Å². The number of aryl methyl sites for hydroxylation is 1. The predicted octanol–water partition coefficient (Wildman–Crippen LogP) is 3.57. The smallest absolute Gasteiger partial charge is 0.119 e. The van der Waals surface area contributed by atoms with Gasteiger partial charge in [0.15, 0.2) is 0 Å².